The van der Waals surface area contributed by atoms with Crippen molar-refractivity contribution in [2.75, 3.05) is 52.4 Å². The van der Waals surface area contributed by atoms with Crippen molar-refractivity contribution in [3.05, 3.63) is 29.8 Å². The van der Waals surface area contributed by atoms with Crippen LogP contribution in [-0.4, -0.2) is 98.2 Å². The highest BCUT2D eigenvalue weighted by atomic mass is 16.5. The number of nitrogens with zero attached hydrogens (tertiary/aromatic N) is 2. The molecule has 0 radical (unpaired) electrons. The van der Waals surface area contributed by atoms with Crippen LogP contribution >= 0.6 is 0 Å². The van der Waals surface area contributed by atoms with Gasteiger partial charge in [-0.1, -0.05) is 12.1 Å². The molecule has 0 aromatic heterocycles. The molecule has 9 nitrogen and oxygen atoms in total. The minimum atomic E-state index is -1.02. The Morgan fingerprint density at radius 3 is 2.40 bits per heavy atom. The minimum Gasteiger partial charge on any atom is -0.494 e. The number of carbonyl (C=O) groups excluding carboxylic acids is 3. The Labute approximate surface area is 177 Å². The van der Waals surface area contributed by atoms with Gasteiger partial charge in [-0.05, 0) is 31.0 Å². The lowest BCUT2D eigenvalue weighted by molar-refractivity contribution is -0.139. The molecular weight excluding hydrogens is 390 g/mol. The quantitative estimate of drug-likeness (QED) is 0.247. The predicted octanol–water partition coefficient (Wildman–Crippen LogP) is -0.129. The summed E-state index contributed by atoms with van der Waals surface area (Å²) in [5.74, 6) is -0.278. The highest BCUT2D eigenvalue weighted by Gasteiger charge is 2.23. The van der Waals surface area contributed by atoms with Crippen LogP contribution in [0.15, 0.2) is 24.3 Å². The zero-order valence-electron chi connectivity index (χ0n) is 17.4. The second-order valence-electron chi connectivity index (χ2n) is 6.72. The summed E-state index contributed by atoms with van der Waals surface area (Å²) in [7, 11) is 0. The molecule has 30 heavy (non-hydrogen) atoms. The number of hydrogen-bond donors (Lipinski definition) is 2. The van der Waals surface area contributed by atoms with Crippen LogP contribution in [0.25, 0.3) is 0 Å². The van der Waals surface area contributed by atoms with Crippen molar-refractivity contribution < 1.29 is 29.0 Å². The normalized spacial score (nSPS) is 12.0. The van der Waals surface area contributed by atoms with E-state index in [-0.39, 0.29) is 32.2 Å². The maximum atomic E-state index is 11.3. The molecule has 2 N–H and O–H groups in total. The lowest BCUT2D eigenvalue weighted by Crippen LogP contribution is -2.49. The Morgan fingerprint density at radius 2 is 1.83 bits per heavy atom. The van der Waals surface area contributed by atoms with Crippen LogP contribution < -0.4 is 10.1 Å². The summed E-state index contributed by atoms with van der Waals surface area (Å²) in [6.45, 7) is 3.97. The second-order valence-corrected chi connectivity index (χ2v) is 6.72. The lowest BCUT2D eigenvalue weighted by atomic mass is 10.0. The molecule has 1 rings (SSSR count). The molecule has 0 saturated heterocycles. The van der Waals surface area contributed by atoms with Gasteiger partial charge in [0.05, 0.1) is 32.8 Å². The third-order valence-corrected chi connectivity index (χ3v) is 4.50. The van der Waals surface area contributed by atoms with Gasteiger partial charge in [-0.2, -0.15) is 0 Å². The smallest absolute Gasteiger partial charge is 0.317 e. The van der Waals surface area contributed by atoms with E-state index in [0.29, 0.717) is 38.9 Å². The summed E-state index contributed by atoms with van der Waals surface area (Å²) >= 11 is 0. The van der Waals surface area contributed by atoms with Crippen molar-refractivity contribution in [3.8, 4) is 5.75 Å². The molecule has 0 fully saturated rings. The Morgan fingerprint density at radius 1 is 1.13 bits per heavy atom. The van der Waals surface area contributed by atoms with Crippen molar-refractivity contribution >= 4 is 24.8 Å². The number of aliphatic carboxylic acids is 1. The molecule has 0 aliphatic heterocycles. The van der Waals surface area contributed by atoms with Crippen molar-refractivity contribution in [1.29, 1.82) is 0 Å². The molecule has 0 amide bonds. The number of carbonyl (C=O) groups is 4. The van der Waals surface area contributed by atoms with Gasteiger partial charge in [0, 0.05) is 25.7 Å². The first kappa shape index (κ1) is 25.4. The van der Waals surface area contributed by atoms with Gasteiger partial charge in [-0.25, -0.2) is 0 Å². The number of aldehydes is 3. The van der Waals surface area contributed by atoms with Gasteiger partial charge >= 0.3 is 5.97 Å². The Balaban J connectivity index is 2.97. The average molecular weight is 421 g/mol. The van der Waals surface area contributed by atoms with Gasteiger partial charge in [0.25, 0.3) is 0 Å². The molecule has 166 valence electrons. The minimum absolute atomic E-state index is 0.0215. The largest absolute Gasteiger partial charge is 0.494 e. The first-order valence-corrected chi connectivity index (χ1v) is 9.95. The van der Waals surface area contributed by atoms with Gasteiger partial charge in [0.15, 0.2) is 0 Å². The fourth-order valence-electron chi connectivity index (χ4n) is 3.14. The lowest BCUT2D eigenvalue weighted by Gasteiger charge is -2.33. The van der Waals surface area contributed by atoms with E-state index in [2.05, 4.69) is 5.32 Å². The molecule has 1 aromatic carbocycles. The summed E-state index contributed by atoms with van der Waals surface area (Å²) in [4.78, 5) is 47.5. The standard InChI is InChI=1S/C21H31N3O6/c1-2-30-20-5-3-18(4-6-20)15-19(24(11-14-27)17-21(28)29)16-23(10-13-26)9-7-22-8-12-25/h3-6,12-14,19,22H,2,7-11,15-17H2,1H3,(H,28,29). The fraction of sp³-hybridized carbons (Fsp3) is 0.524. The second kappa shape index (κ2) is 15.3. The van der Waals surface area contributed by atoms with E-state index in [9.17, 15) is 24.3 Å². The average Bonchev–Trinajstić information content (AvgIpc) is 2.71. The molecule has 1 aromatic rings. The van der Waals surface area contributed by atoms with Gasteiger partial charge in [-0.3, -0.25) is 14.6 Å². The molecular formula is C21H31N3O6. The number of carboxylic acid groups (broad SMARTS) is 1. The number of carboxylic acids is 1. The van der Waals surface area contributed by atoms with Crippen LogP contribution in [-0.2, 0) is 25.6 Å². The molecule has 0 spiro atoms. The van der Waals surface area contributed by atoms with Crippen molar-refractivity contribution in [2.45, 2.75) is 19.4 Å². The number of nitrogens with one attached hydrogen (secondary N) is 1. The summed E-state index contributed by atoms with van der Waals surface area (Å²) in [6, 6.07) is 7.23. The van der Waals surface area contributed by atoms with E-state index in [0.717, 1.165) is 23.9 Å². The first-order chi connectivity index (χ1) is 14.5. The van der Waals surface area contributed by atoms with E-state index in [4.69, 9.17) is 4.74 Å². The third kappa shape index (κ3) is 10.2. The van der Waals surface area contributed by atoms with Gasteiger partial charge in [-0.15, -0.1) is 0 Å². The SMILES string of the molecule is CCOc1ccc(CC(CN(CC=O)CCNCC=O)N(CC=O)CC(=O)O)cc1. The van der Waals surface area contributed by atoms with Gasteiger partial charge < -0.3 is 29.5 Å². The molecule has 0 bridgehead atoms. The third-order valence-electron chi connectivity index (χ3n) is 4.50. The first-order valence-electron chi connectivity index (χ1n) is 9.95. The summed E-state index contributed by atoms with van der Waals surface area (Å²) in [6.07, 6.45) is 2.74. The zero-order chi connectivity index (χ0) is 22.2. The molecule has 0 aliphatic carbocycles. The number of ether oxygens (including phenoxy) is 1. The zero-order valence-corrected chi connectivity index (χ0v) is 17.4. The number of benzene rings is 1. The summed E-state index contributed by atoms with van der Waals surface area (Å²) in [5.41, 5.74) is 0.967. The van der Waals surface area contributed by atoms with Gasteiger partial charge in [0.2, 0.25) is 0 Å². The van der Waals surface area contributed by atoms with E-state index < -0.39 is 5.97 Å². The van der Waals surface area contributed by atoms with Crippen molar-refractivity contribution in [2.24, 2.45) is 0 Å². The van der Waals surface area contributed by atoms with E-state index in [1.54, 1.807) is 4.90 Å². The van der Waals surface area contributed by atoms with Crippen LogP contribution in [0.3, 0.4) is 0 Å². The maximum Gasteiger partial charge on any atom is 0.317 e. The summed E-state index contributed by atoms with van der Waals surface area (Å²) in [5, 5.41) is 12.2. The van der Waals surface area contributed by atoms with E-state index in [1.807, 2.05) is 36.1 Å². The maximum absolute atomic E-state index is 11.3. The Kier molecular flexibility index (Phi) is 12.9. The van der Waals surface area contributed by atoms with Crippen LogP contribution in [0, 0.1) is 0 Å². The Hall–Kier alpha value is -2.62. The van der Waals surface area contributed by atoms with E-state index >= 15 is 0 Å². The van der Waals surface area contributed by atoms with Crippen LogP contribution in [0.1, 0.15) is 12.5 Å². The summed E-state index contributed by atoms with van der Waals surface area (Å²) < 4.78 is 5.45. The Bertz CT molecular complexity index is 653. The molecule has 0 saturated carbocycles. The van der Waals surface area contributed by atoms with Crippen LogP contribution in [0.2, 0.25) is 0 Å². The van der Waals surface area contributed by atoms with Crippen LogP contribution in [0.5, 0.6) is 5.75 Å². The van der Waals surface area contributed by atoms with Crippen LogP contribution in [0.4, 0.5) is 0 Å². The molecule has 0 heterocycles. The predicted molar refractivity (Wildman–Crippen MR) is 112 cm³/mol. The monoisotopic (exact) mass is 421 g/mol. The highest BCUT2D eigenvalue weighted by Crippen LogP contribution is 2.16. The number of rotatable bonds is 18. The van der Waals surface area contributed by atoms with Crippen molar-refractivity contribution in [3.63, 3.8) is 0 Å². The topological polar surface area (TPSA) is 116 Å². The molecule has 1 unspecified atom stereocenters. The highest BCUT2D eigenvalue weighted by molar-refractivity contribution is 5.69. The van der Waals surface area contributed by atoms with Gasteiger partial charge in [0.1, 0.15) is 24.6 Å². The molecule has 0 aliphatic rings. The molecule has 9 heteroatoms. The molecule has 1 atom stereocenters. The van der Waals surface area contributed by atoms with Crippen molar-refractivity contribution in [1.82, 2.24) is 15.1 Å². The fourth-order valence-corrected chi connectivity index (χ4v) is 3.14. The van der Waals surface area contributed by atoms with E-state index in [1.165, 1.54) is 0 Å². The number of hydrogen-bond acceptors (Lipinski definition) is 8.